The van der Waals surface area contributed by atoms with E-state index in [0.29, 0.717) is 17.1 Å². The lowest BCUT2D eigenvalue weighted by atomic mass is 10.1. The van der Waals surface area contributed by atoms with Gasteiger partial charge < -0.3 is 29.6 Å². The zero-order chi connectivity index (χ0) is 26.4. The van der Waals surface area contributed by atoms with Crippen LogP contribution in [0.3, 0.4) is 0 Å². The van der Waals surface area contributed by atoms with Crippen LogP contribution in [0.5, 0.6) is 11.5 Å². The van der Waals surface area contributed by atoms with Gasteiger partial charge in [0.2, 0.25) is 0 Å². The molecule has 10 nitrogen and oxygen atoms in total. The van der Waals surface area contributed by atoms with Crippen molar-refractivity contribution < 1.29 is 38.1 Å². The Balaban J connectivity index is 1.96. The van der Waals surface area contributed by atoms with E-state index in [0.717, 1.165) is 11.3 Å². The quantitative estimate of drug-likeness (QED) is 0.431. The highest BCUT2D eigenvalue weighted by atomic mass is 32.1. The van der Waals surface area contributed by atoms with Crippen LogP contribution < -0.4 is 20.1 Å². The third-order valence-corrected chi connectivity index (χ3v) is 6.40. The first kappa shape index (κ1) is 26.2. The van der Waals surface area contributed by atoms with Gasteiger partial charge in [0, 0.05) is 5.56 Å². The van der Waals surface area contributed by atoms with Crippen LogP contribution in [0.15, 0.2) is 42.5 Å². The number of ether oxygens (including phenoxy) is 4. The molecule has 0 saturated carbocycles. The Hall–Kier alpha value is -4.38. The lowest BCUT2D eigenvalue weighted by Crippen LogP contribution is -2.16. The summed E-state index contributed by atoms with van der Waals surface area (Å²) in [5, 5.41) is 5.48. The fourth-order valence-corrected chi connectivity index (χ4v) is 4.46. The van der Waals surface area contributed by atoms with Crippen LogP contribution in [-0.2, 0) is 9.47 Å². The molecular weight excluding hydrogens is 488 g/mol. The van der Waals surface area contributed by atoms with Crippen LogP contribution in [0, 0.1) is 6.92 Å². The van der Waals surface area contributed by atoms with Gasteiger partial charge in [-0.05, 0) is 42.8 Å². The number of hydrogen-bond donors (Lipinski definition) is 2. The molecule has 2 N–H and O–H groups in total. The van der Waals surface area contributed by atoms with Crippen LogP contribution in [0.1, 0.15) is 46.3 Å². The maximum absolute atomic E-state index is 13.1. The maximum Gasteiger partial charge on any atom is 0.341 e. The Bertz CT molecular complexity index is 1330. The molecule has 0 unspecified atom stereocenters. The lowest BCUT2D eigenvalue weighted by Gasteiger charge is -2.10. The molecule has 0 aliphatic rings. The number of esters is 2. The third-order valence-electron chi connectivity index (χ3n) is 5.20. The van der Waals surface area contributed by atoms with Crippen molar-refractivity contribution in [1.29, 1.82) is 0 Å². The smallest absolute Gasteiger partial charge is 0.341 e. The number of amides is 2. The van der Waals surface area contributed by atoms with Crippen molar-refractivity contribution in [2.75, 3.05) is 39.1 Å². The molecule has 2 amide bonds. The summed E-state index contributed by atoms with van der Waals surface area (Å²) in [5.74, 6) is -1.66. The molecule has 1 heterocycles. The van der Waals surface area contributed by atoms with Crippen molar-refractivity contribution in [3.8, 4) is 11.5 Å². The summed E-state index contributed by atoms with van der Waals surface area (Å²) in [5.41, 5.74) is 0.994. The standard InChI is InChI=1S/C25H24N2O8S/c1-13-19(25(31)35-5)23(27-21(28)14-10-11-17(32-2)18(12-14)33-3)36-20(13)22(29)26-16-9-7-6-8-15(16)24(30)34-4/h6-12H,1-5H3,(H,26,29)(H,27,28). The molecule has 0 aliphatic heterocycles. The highest BCUT2D eigenvalue weighted by molar-refractivity contribution is 7.19. The molecule has 11 heteroatoms. The monoisotopic (exact) mass is 512 g/mol. The molecule has 0 saturated heterocycles. The van der Waals surface area contributed by atoms with E-state index in [-0.39, 0.29) is 32.3 Å². The molecule has 3 aromatic rings. The first-order chi connectivity index (χ1) is 17.2. The van der Waals surface area contributed by atoms with Gasteiger partial charge in [-0.25, -0.2) is 9.59 Å². The van der Waals surface area contributed by atoms with E-state index in [1.165, 1.54) is 46.6 Å². The molecule has 0 radical (unpaired) electrons. The number of carbonyl (C=O) groups excluding carboxylic acids is 4. The number of carbonyl (C=O) groups is 4. The van der Waals surface area contributed by atoms with E-state index in [1.807, 2.05) is 0 Å². The number of nitrogens with one attached hydrogen (secondary N) is 2. The number of thiophene rings is 1. The zero-order valence-electron chi connectivity index (χ0n) is 20.2. The minimum absolute atomic E-state index is 0.0442. The summed E-state index contributed by atoms with van der Waals surface area (Å²) in [7, 11) is 5.36. The Labute approximate surface area is 211 Å². The Morgan fingerprint density at radius 1 is 0.778 bits per heavy atom. The number of anilines is 2. The Morgan fingerprint density at radius 3 is 2.08 bits per heavy atom. The van der Waals surface area contributed by atoms with Crippen molar-refractivity contribution in [1.82, 2.24) is 0 Å². The number of rotatable bonds is 8. The average Bonchev–Trinajstić information content (AvgIpc) is 3.22. The second-order valence-electron chi connectivity index (χ2n) is 7.27. The van der Waals surface area contributed by atoms with Gasteiger partial charge >= 0.3 is 11.9 Å². The largest absolute Gasteiger partial charge is 0.493 e. The van der Waals surface area contributed by atoms with E-state index < -0.39 is 23.8 Å². The summed E-state index contributed by atoms with van der Waals surface area (Å²) in [4.78, 5) is 50.8. The zero-order valence-corrected chi connectivity index (χ0v) is 21.0. The predicted octanol–water partition coefficient (Wildman–Crippen LogP) is 4.15. The van der Waals surface area contributed by atoms with E-state index in [4.69, 9.17) is 18.9 Å². The molecule has 0 bridgehead atoms. The molecule has 0 atom stereocenters. The summed E-state index contributed by atoms with van der Waals surface area (Å²) in [6.45, 7) is 1.57. The summed E-state index contributed by atoms with van der Waals surface area (Å²) < 4.78 is 20.1. The highest BCUT2D eigenvalue weighted by Gasteiger charge is 2.27. The van der Waals surface area contributed by atoms with Crippen LogP contribution in [-0.4, -0.2) is 52.2 Å². The fourth-order valence-electron chi connectivity index (χ4n) is 3.38. The summed E-state index contributed by atoms with van der Waals surface area (Å²) in [6.07, 6.45) is 0. The molecular formula is C25H24N2O8S. The lowest BCUT2D eigenvalue weighted by molar-refractivity contribution is 0.0592. The number of methoxy groups -OCH3 is 4. The minimum atomic E-state index is -0.722. The number of para-hydroxylation sites is 1. The Morgan fingerprint density at radius 2 is 1.44 bits per heavy atom. The van der Waals surface area contributed by atoms with E-state index in [1.54, 1.807) is 31.2 Å². The molecule has 188 valence electrons. The Kier molecular flexibility index (Phi) is 8.28. The normalized spacial score (nSPS) is 10.2. The summed E-state index contributed by atoms with van der Waals surface area (Å²) in [6, 6.07) is 10.9. The molecule has 0 fully saturated rings. The molecule has 0 aliphatic carbocycles. The van der Waals surface area contributed by atoms with E-state index >= 15 is 0 Å². The first-order valence-electron chi connectivity index (χ1n) is 10.5. The topological polar surface area (TPSA) is 129 Å². The fraction of sp³-hybridized carbons (Fsp3) is 0.200. The molecule has 0 spiro atoms. The van der Waals surface area contributed by atoms with Crippen LogP contribution in [0.2, 0.25) is 0 Å². The molecule has 2 aromatic carbocycles. The van der Waals surface area contributed by atoms with Crippen LogP contribution >= 0.6 is 11.3 Å². The van der Waals surface area contributed by atoms with Crippen molar-refractivity contribution >= 4 is 45.8 Å². The molecule has 3 rings (SSSR count). The van der Waals surface area contributed by atoms with Gasteiger partial charge in [0.05, 0.1) is 50.1 Å². The SMILES string of the molecule is COC(=O)c1ccccc1NC(=O)c1sc(NC(=O)c2ccc(OC)c(OC)c2)c(C(=O)OC)c1C. The van der Waals surface area contributed by atoms with Crippen molar-refractivity contribution in [2.24, 2.45) is 0 Å². The predicted molar refractivity (Wildman–Crippen MR) is 134 cm³/mol. The van der Waals surface area contributed by atoms with Gasteiger partial charge in [-0.15, -0.1) is 11.3 Å². The average molecular weight is 513 g/mol. The second kappa shape index (κ2) is 11.4. The number of hydrogen-bond acceptors (Lipinski definition) is 9. The van der Waals surface area contributed by atoms with E-state index in [9.17, 15) is 19.2 Å². The van der Waals surface area contributed by atoms with Crippen LogP contribution in [0.25, 0.3) is 0 Å². The first-order valence-corrected chi connectivity index (χ1v) is 11.3. The minimum Gasteiger partial charge on any atom is -0.493 e. The van der Waals surface area contributed by atoms with Crippen molar-refractivity contribution in [3.63, 3.8) is 0 Å². The molecule has 36 heavy (non-hydrogen) atoms. The van der Waals surface area contributed by atoms with E-state index in [2.05, 4.69) is 10.6 Å². The maximum atomic E-state index is 13.1. The second-order valence-corrected chi connectivity index (χ2v) is 8.29. The summed E-state index contributed by atoms with van der Waals surface area (Å²) >= 11 is 0.901. The van der Waals surface area contributed by atoms with Gasteiger partial charge in [0.25, 0.3) is 11.8 Å². The van der Waals surface area contributed by atoms with Gasteiger partial charge in [-0.3, -0.25) is 9.59 Å². The number of benzene rings is 2. The van der Waals surface area contributed by atoms with Crippen molar-refractivity contribution in [3.05, 3.63) is 69.6 Å². The highest BCUT2D eigenvalue weighted by Crippen LogP contribution is 2.35. The third kappa shape index (κ3) is 5.31. The van der Waals surface area contributed by atoms with Gasteiger partial charge in [0.15, 0.2) is 11.5 Å². The van der Waals surface area contributed by atoms with Gasteiger partial charge in [-0.1, -0.05) is 12.1 Å². The van der Waals surface area contributed by atoms with Gasteiger partial charge in [0.1, 0.15) is 5.00 Å². The van der Waals surface area contributed by atoms with Crippen molar-refractivity contribution in [2.45, 2.75) is 6.92 Å². The van der Waals surface area contributed by atoms with Crippen LogP contribution in [0.4, 0.5) is 10.7 Å². The van der Waals surface area contributed by atoms with Gasteiger partial charge in [-0.2, -0.15) is 0 Å². The molecule has 1 aromatic heterocycles.